The van der Waals surface area contributed by atoms with Crippen LogP contribution in [-0.4, -0.2) is 20.7 Å². The molecule has 1 aliphatic heterocycles. The first-order valence-electron chi connectivity index (χ1n) is 5.95. The molecule has 3 N–H and O–H groups in total. The van der Waals surface area contributed by atoms with Crippen LogP contribution in [0.25, 0.3) is 11.4 Å². The highest BCUT2D eigenvalue weighted by Crippen LogP contribution is 2.30. The number of phenolic OH excluding ortho intramolecular Hbond substituents is 1. The lowest BCUT2D eigenvalue weighted by molar-refractivity contribution is 0.472. The number of rotatable bonds is 1. The minimum Gasteiger partial charge on any atom is -0.508 e. The van der Waals surface area contributed by atoms with Gasteiger partial charge in [-0.2, -0.15) is 0 Å². The van der Waals surface area contributed by atoms with E-state index in [1.165, 1.54) is 0 Å². The van der Waals surface area contributed by atoms with Gasteiger partial charge in [0.15, 0.2) is 0 Å². The molecule has 1 aromatic heterocycles. The van der Waals surface area contributed by atoms with Crippen LogP contribution in [0, 0.1) is 0 Å². The van der Waals surface area contributed by atoms with Crippen LogP contribution in [0.15, 0.2) is 28.9 Å². The Morgan fingerprint density at radius 2 is 2.06 bits per heavy atom. The Kier molecular flexibility index (Phi) is 2.87. The molecule has 5 heteroatoms. The molecule has 0 spiro atoms. The molecule has 2 aromatic rings. The maximum atomic E-state index is 9.33. The quantitative estimate of drug-likeness (QED) is 0.849. The molecule has 0 saturated carbocycles. The normalized spacial score (nSPS) is 18.7. The van der Waals surface area contributed by atoms with Crippen LogP contribution in [0.1, 0.15) is 12.1 Å². The summed E-state index contributed by atoms with van der Waals surface area (Å²) in [6.45, 7) is 0.894. The van der Waals surface area contributed by atoms with E-state index < -0.39 is 0 Å². The van der Waals surface area contributed by atoms with E-state index in [2.05, 4.69) is 25.5 Å². The summed E-state index contributed by atoms with van der Waals surface area (Å²) < 4.78 is 3.08. The Morgan fingerprint density at radius 3 is 2.78 bits per heavy atom. The fraction of sp³-hybridized carbons (Fsp3) is 0.308. The second-order valence-electron chi connectivity index (χ2n) is 4.62. The topological polar surface area (TPSA) is 64.1 Å². The van der Waals surface area contributed by atoms with E-state index in [4.69, 9.17) is 5.73 Å². The zero-order valence-corrected chi connectivity index (χ0v) is 11.4. The first kappa shape index (κ1) is 11.7. The zero-order valence-electron chi connectivity index (χ0n) is 9.81. The van der Waals surface area contributed by atoms with Gasteiger partial charge in [0.05, 0.1) is 5.69 Å². The number of benzene rings is 1. The summed E-state index contributed by atoms with van der Waals surface area (Å²) >= 11 is 3.51. The predicted octanol–water partition coefficient (Wildman–Crippen LogP) is 2.29. The highest BCUT2D eigenvalue weighted by Gasteiger charge is 2.23. The van der Waals surface area contributed by atoms with Crippen LogP contribution in [0.4, 0.5) is 0 Å². The van der Waals surface area contributed by atoms with Gasteiger partial charge in [0.25, 0.3) is 0 Å². The molecular weight excluding hydrogens is 294 g/mol. The first-order valence-corrected chi connectivity index (χ1v) is 6.74. The first-order chi connectivity index (χ1) is 8.65. The number of hydrogen-bond acceptors (Lipinski definition) is 3. The molecule has 0 bridgehead atoms. The maximum Gasteiger partial charge on any atom is 0.141 e. The zero-order chi connectivity index (χ0) is 12.7. The second kappa shape index (κ2) is 4.40. The summed E-state index contributed by atoms with van der Waals surface area (Å²) in [5.74, 6) is 1.20. The summed E-state index contributed by atoms with van der Waals surface area (Å²) in [6, 6.07) is 7.34. The van der Waals surface area contributed by atoms with Crippen molar-refractivity contribution in [2.24, 2.45) is 5.73 Å². The van der Waals surface area contributed by atoms with E-state index in [0.717, 1.165) is 41.1 Å². The minimum atomic E-state index is 0.221. The van der Waals surface area contributed by atoms with Crippen LogP contribution in [0.5, 0.6) is 5.75 Å². The van der Waals surface area contributed by atoms with Crippen molar-refractivity contribution in [1.29, 1.82) is 0 Å². The Morgan fingerprint density at radius 1 is 1.33 bits per heavy atom. The van der Waals surface area contributed by atoms with Crippen molar-refractivity contribution in [2.75, 3.05) is 0 Å². The van der Waals surface area contributed by atoms with Gasteiger partial charge in [0.2, 0.25) is 0 Å². The van der Waals surface area contributed by atoms with Gasteiger partial charge in [-0.15, -0.1) is 0 Å². The van der Waals surface area contributed by atoms with Crippen molar-refractivity contribution in [1.82, 2.24) is 9.55 Å². The number of fused-ring (bicyclic) bond motifs is 1. The highest BCUT2D eigenvalue weighted by molar-refractivity contribution is 9.10. The summed E-state index contributed by atoms with van der Waals surface area (Å²) in [5, 5.41) is 9.33. The average molecular weight is 308 g/mol. The molecule has 1 aromatic carbocycles. The number of phenols is 1. The molecule has 94 valence electrons. The SMILES string of the molecule is NC1CCn2c(-c3ccc(O)cc3)nc(Br)c2C1. The van der Waals surface area contributed by atoms with E-state index in [0.29, 0.717) is 0 Å². The lowest BCUT2D eigenvalue weighted by Crippen LogP contribution is -2.30. The smallest absolute Gasteiger partial charge is 0.141 e. The van der Waals surface area contributed by atoms with Gasteiger partial charge < -0.3 is 15.4 Å². The van der Waals surface area contributed by atoms with Gasteiger partial charge in [0, 0.05) is 24.6 Å². The van der Waals surface area contributed by atoms with Gasteiger partial charge >= 0.3 is 0 Å². The van der Waals surface area contributed by atoms with Crippen molar-refractivity contribution in [2.45, 2.75) is 25.4 Å². The number of imidazole rings is 1. The van der Waals surface area contributed by atoms with E-state index in [9.17, 15) is 5.11 Å². The van der Waals surface area contributed by atoms with Crippen LogP contribution in [0.2, 0.25) is 0 Å². The molecule has 0 saturated heterocycles. The highest BCUT2D eigenvalue weighted by atomic mass is 79.9. The molecule has 2 heterocycles. The Hall–Kier alpha value is -1.33. The molecule has 1 aliphatic rings. The van der Waals surface area contributed by atoms with Crippen LogP contribution in [-0.2, 0) is 13.0 Å². The summed E-state index contributed by atoms with van der Waals surface area (Å²) in [4.78, 5) is 4.57. The van der Waals surface area contributed by atoms with Crippen molar-refractivity contribution < 1.29 is 5.11 Å². The van der Waals surface area contributed by atoms with E-state index in [1.807, 2.05) is 12.1 Å². The van der Waals surface area contributed by atoms with Crippen molar-refractivity contribution in [3.8, 4) is 17.1 Å². The third-order valence-electron chi connectivity index (χ3n) is 3.33. The van der Waals surface area contributed by atoms with Crippen LogP contribution in [0.3, 0.4) is 0 Å². The number of hydrogen-bond donors (Lipinski definition) is 2. The number of nitrogens with zero attached hydrogens (tertiary/aromatic N) is 2. The maximum absolute atomic E-state index is 9.33. The van der Waals surface area contributed by atoms with E-state index in [1.54, 1.807) is 12.1 Å². The third kappa shape index (κ3) is 1.93. The van der Waals surface area contributed by atoms with Crippen LogP contribution < -0.4 is 5.73 Å². The average Bonchev–Trinajstić information content (AvgIpc) is 2.68. The summed E-state index contributed by atoms with van der Waals surface area (Å²) in [7, 11) is 0. The Balaban J connectivity index is 2.08. The number of aromatic nitrogens is 2. The largest absolute Gasteiger partial charge is 0.508 e. The number of aromatic hydroxyl groups is 1. The van der Waals surface area contributed by atoms with E-state index >= 15 is 0 Å². The minimum absolute atomic E-state index is 0.221. The monoisotopic (exact) mass is 307 g/mol. The number of halogens is 1. The van der Waals surface area contributed by atoms with Gasteiger partial charge in [0.1, 0.15) is 16.2 Å². The third-order valence-corrected chi connectivity index (χ3v) is 3.96. The number of nitrogens with two attached hydrogens (primary N) is 1. The van der Waals surface area contributed by atoms with Gasteiger partial charge in [-0.25, -0.2) is 4.98 Å². The fourth-order valence-electron chi connectivity index (χ4n) is 2.37. The fourth-order valence-corrected chi connectivity index (χ4v) is 2.91. The molecule has 1 atom stereocenters. The van der Waals surface area contributed by atoms with Crippen molar-refractivity contribution in [3.05, 3.63) is 34.6 Å². The summed E-state index contributed by atoms with van der Waals surface area (Å²) in [6.07, 6.45) is 1.83. The summed E-state index contributed by atoms with van der Waals surface area (Å²) in [5.41, 5.74) is 8.16. The Bertz CT molecular complexity index is 577. The van der Waals surface area contributed by atoms with Gasteiger partial charge in [-0.05, 0) is 46.6 Å². The van der Waals surface area contributed by atoms with Crippen molar-refractivity contribution in [3.63, 3.8) is 0 Å². The molecule has 1 unspecified atom stereocenters. The van der Waals surface area contributed by atoms with Crippen LogP contribution >= 0.6 is 15.9 Å². The molecule has 3 rings (SSSR count). The molecule has 0 fully saturated rings. The van der Waals surface area contributed by atoms with Gasteiger partial charge in [-0.3, -0.25) is 0 Å². The van der Waals surface area contributed by atoms with E-state index in [-0.39, 0.29) is 11.8 Å². The molecule has 0 amide bonds. The second-order valence-corrected chi connectivity index (χ2v) is 5.38. The molecular formula is C13H14BrN3O. The Labute approximate surface area is 114 Å². The predicted molar refractivity (Wildman–Crippen MR) is 73.3 cm³/mol. The molecule has 0 aliphatic carbocycles. The lowest BCUT2D eigenvalue weighted by Gasteiger charge is -2.22. The lowest BCUT2D eigenvalue weighted by atomic mass is 10.1. The van der Waals surface area contributed by atoms with Crippen molar-refractivity contribution >= 4 is 15.9 Å². The standard InChI is InChI=1S/C13H14BrN3O/c14-12-11-7-9(15)5-6-17(11)13(16-12)8-1-3-10(18)4-2-8/h1-4,9,18H,5-7,15H2. The molecule has 4 nitrogen and oxygen atoms in total. The van der Waals surface area contributed by atoms with Gasteiger partial charge in [-0.1, -0.05) is 0 Å². The molecule has 0 radical (unpaired) electrons. The molecule has 18 heavy (non-hydrogen) atoms.